The van der Waals surface area contributed by atoms with Gasteiger partial charge in [-0.25, -0.2) is 4.39 Å². The molecule has 1 aromatic heterocycles. The first kappa shape index (κ1) is 14.0. The zero-order valence-electron chi connectivity index (χ0n) is 11.2. The first-order chi connectivity index (χ1) is 10.1. The zero-order chi connectivity index (χ0) is 15.0. The summed E-state index contributed by atoms with van der Waals surface area (Å²) in [5.74, 6) is -1.92. The van der Waals surface area contributed by atoms with Crippen molar-refractivity contribution in [2.45, 2.75) is 12.8 Å². The summed E-state index contributed by atoms with van der Waals surface area (Å²) in [4.78, 5) is 25.5. The van der Waals surface area contributed by atoms with Crippen molar-refractivity contribution in [3.05, 3.63) is 35.0 Å². The van der Waals surface area contributed by atoms with Crippen molar-refractivity contribution < 1.29 is 19.1 Å². The molecule has 1 aliphatic rings. The number of hydrogen-bond donors (Lipinski definition) is 1. The number of halogens is 1. The number of fused-ring (bicyclic) bond motifs is 1. The van der Waals surface area contributed by atoms with Crippen molar-refractivity contribution in [3.63, 3.8) is 0 Å². The Hall–Kier alpha value is -1.95. The fourth-order valence-electron chi connectivity index (χ4n) is 2.65. The third-order valence-corrected chi connectivity index (χ3v) is 4.87. The van der Waals surface area contributed by atoms with Crippen LogP contribution in [0.4, 0.5) is 4.39 Å². The van der Waals surface area contributed by atoms with E-state index in [-0.39, 0.29) is 18.3 Å². The second-order valence-electron chi connectivity index (χ2n) is 5.19. The zero-order valence-corrected chi connectivity index (χ0v) is 12.0. The van der Waals surface area contributed by atoms with Crippen molar-refractivity contribution in [3.8, 4) is 0 Å². The lowest BCUT2D eigenvalue weighted by Crippen LogP contribution is -2.42. The number of carboxylic acid groups (broad SMARTS) is 1. The van der Waals surface area contributed by atoms with Crippen LogP contribution in [0, 0.1) is 11.7 Å². The van der Waals surface area contributed by atoms with E-state index in [1.54, 1.807) is 23.1 Å². The van der Waals surface area contributed by atoms with Crippen LogP contribution >= 0.6 is 11.3 Å². The molecule has 3 rings (SSSR count). The molecule has 1 N–H and O–H groups in total. The maximum Gasteiger partial charge on any atom is 0.308 e. The summed E-state index contributed by atoms with van der Waals surface area (Å²) in [5, 5.41) is 9.52. The van der Waals surface area contributed by atoms with Gasteiger partial charge in [0.15, 0.2) is 0 Å². The van der Waals surface area contributed by atoms with Gasteiger partial charge in [-0.05, 0) is 31.0 Å². The van der Waals surface area contributed by atoms with Crippen molar-refractivity contribution >= 4 is 33.3 Å². The predicted molar refractivity (Wildman–Crippen MR) is 78.0 cm³/mol. The Kier molecular flexibility index (Phi) is 3.63. The number of carboxylic acids is 1. The Morgan fingerprint density at radius 2 is 2.19 bits per heavy atom. The fourth-order valence-corrected chi connectivity index (χ4v) is 3.69. The normalized spacial score (nSPS) is 18.9. The molecule has 1 saturated heterocycles. The molecule has 1 amide bonds. The highest BCUT2D eigenvalue weighted by Crippen LogP contribution is 2.29. The van der Waals surface area contributed by atoms with Gasteiger partial charge in [0, 0.05) is 23.2 Å². The van der Waals surface area contributed by atoms with Crippen LogP contribution in [-0.2, 0) is 4.79 Å². The molecule has 21 heavy (non-hydrogen) atoms. The molecular weight excluding hydrogens is 293 g/mol. The second-order valence-corrected chi connectivity index (χ2v) is 6.27. The highest BCUT2D eigenvalue weighted by Gasteiger charge is 2.29. The van der Waals surface area contributed by atoms with Crippen LogP contribution in [0.5, 0.6) is 0 Å². The number of hydrogen-bond acceptors (Lipinski definition) is 3. The van der Waals surface area contributed by atoms with E-state index in [0.29, 0.717) is 29.6 Å². The molecule has 110 valence electrons. The average Bonchev–Trinajstić information content (AvgIpc) is 2.92. The number of carbonyl (C=O) groups excluding carboxylic acids is 1. The highest BCUT2D eigenvalue weighted by atomic mass is 32.1. The smallest absolute Gasteiger partial charge is 0.308 e. The molecule has 4 nitrogen and oxygen atoms in total. The summed E-state index contributed by atoms with van der Waals surface area (Å²) in [5.41, 5.74) is 0. The van der Waals surface area contributed by atoms with Crippen LogP contribution in [0.3, 0.4) is 0 Å². The molecule has 0 bridgehead atoms. The number of rotatable bonds is 2. The van der Waals surface area contributed by atoms with E-state index in [4.69, 9.17) is 5.11 Å². The molecule has 1 fully saturated rings. The molecule has 2 aromatic rings. The van der Waals surface area contributed by atoms with Crippen LogP contribution in [-0.4, -0.2) is 35.0 Å². The van der Waals surface area contributed by atoms with Gasteiger partial charge in [-0.2, -0.15) is 0 Å². The number of amides is 1. The van der Waals surface area contributed by atoms with Gasteiger partial charge in [0.1, 0.15) is 5.82 Å². The van der Waals surface area contributed by atoms with Crippen molar-refractivity contribution in [1.29, 1.82) is 0 Å². The van der Waals surface area contributed by atoms with Gasteiger partial charge in [-0.15, -0.1) is 11.3 Å². The van der Waals surface area contributed by atoms with Crippen LogP contribution in [0.1, 0.15) is 22.5 Å². The molecule has 1 aromatic carbocycles. The van der Waals surface area contributed by atoms with Gasteiger partial charge < -0.3 is 10.0 Å². The summed E-state index contributed by atoms with van der Waals surface area (Å²) in [7, 11) is 0. The fraction of sp³-hybridized carbons (Fsp3) is 0.333. The van der Waals surface area contributed by atoms with E-state index >= 15 is 0 Å². The van der Waals surface area contributed by atoms with E-state index in [1.165, 1.54) is 17.4 Å². The summed E-state index contributed by atoms with van der Waals surface area (Å²) >= 11 is 1.24. The van der Waals surface area contributed by atoms with Gasteiger partial charge in [0.2, 0.25) is 0 Å². The average molecular weight is 307 g/mol. The van der Waals surface area contributed by atoms with E-state index in [2.05, 4.69) is 0 Å². The van der Waals surface area contributed by atoms with E-state index in [9.17, 15) is 14.0 Å². The lowest BCUT2D eigenvalue weighted by Gasteiger charge is -2.30. The van der Waals surface area contributed by atoms with Crippen molar-refractivity contribution in [2.24, 2.45) is 5.92 Å². The first-order valence-electron chi connectivity index (χ1n) is 6.76. The van der Waals surface area contributed by atoms with Gasteiger partial charge >= 0.3 is 5.97 Å². The minimum absolute atomic E-state index is 0.207. The van der Waals surface area contributed by atoms with E-state index < -0.39 is 11.9 Å². The highest BCUT2D eigenvalue weighted by molar-refractivity contribution is 7.20. The number of aliphatic carboxylic acids is 1. The standard InChI is InChI=1S/C15H14FNO3S/c16-11-4-1-5-12-10(11)7-13(21-12)14(18)17-6-2-3-9(8-17)15(19)20/h1,4-5,7,9H,2-3,6,8H2,(H,19,20). The van der Waals surface area contributed by atoms with Crippen LogP contribution in [0.15, 0.2) is 24.3 Å². The molecule has 0 saturated carbocycles. The molecule has 6 heteroatoms. The Labute approximate surface area is 124 Å². The summed E-state index contributed by atoms with van der Waals surface area (Å²) in [6, 6.07) is 6.31. The number of nitrogens with zero attached hydrogens (tertiary/aromatic N) is 1. The SMILES string of the molecule is O=C(O)C1CCCN(C(=O)c2cc3c(F)cccc3s2)C1. The van der Waals surface area contributed by atoms with Crippen LogP contribution in [0.25, 0.3) is 10.1 Å². The second kappa shape index (κ2) is 5.44. The summed E-state index contributed by atoms with van der Waals surface area (Å²) < 4.78 is 14.4. The van der Waals surface area contributed by atoms with Crippen LogP contribution < -0.4 is 0 Å². The van der Waals surface area contributed by atoms with Gasteiger partial charge in [-0.1, -0.05) is 6.07 Å². The number of piperidine rings is 1. The molecule has 1 aliphatic heterocycles. The molecule has 1 unspecified atom stereocenters. The van der Waals surface area contributed by atoms with Gasteiger partial charge in [-0.3, -0.25) is 9.59 Å². The van der Waals surface area contributed by atoms with Crippen LogP contribution in [0.2, 0.25) is 0 Å². The topological polar surface area (TPSA) is 57.6 Å². The van der Waals surface area contributed by atoms with Crippen molar-refractivity contribution in [2.75, 3.05) is 13.1 Å². The number of likely N-dealkylation sites (tertiary alicyclic amines) is 1. The Morgan fingerprint density at radius 3 is 2.90 bits per heavy atom. The largest absolute Gasteiger partial charge is 0.481 e. The molecular formula is C15H14FNO3S. The molecule has 0 spiro atoms. The monoisotopic (exact) mass is 307 g/mol. The number of carbonyl (C=O) groups is 2. The molecule has 1 atom stereocenters. The number of benzene rings is 1. The number of thiophene rings is 1. The molecule has 0 radical (unpaired) electrons. The molecule has 2 heterocycles. The lowest BCUT2D eigenvalue weighted by molar-refractivity contribution is -0.143. The first-order valence-corrected chi connectivity index (χ1v) is 7.58. The van der Waals surface area contributed by atoms with Gasteiger partial charge in [0.25, 0.3) is 5.91 Å². The maximum atomic E-state index is 13.7. The third-order valence-electron chi connectivity index (χ3n) is 3.78. The molecule has 0 aliphatic carbocycles. The van der Waals surface area contributed by atoms with E-state index in [1.807, 2.05) is 0 Å². The third kappa shape index (κ3) is 2.63. The Morgan fingerprint density at radius 1 is 1.38 bits per heavy atom. The Bertz CT molecular complexity index is 712. The summed E-state index contributed by atoms with van der Waals surface area (Å²) in [6.45, 7) is 0.782. The van der Waals surface area contributed by atoms with Crippen molar-refractivity contribution in [1.82, 2.24) is 4.90 Å². The lowest BCUT2D eigenvalue weighted by atomic mass is 9.98. The maximum absolute atomic E-state index is 13.7. The quantitative estimate of drug-likeness (QED) is 0.928. The predicted octanol–water partition coefficient (Wildman–Crippen LogP) is 2.98. The minimum Gasteiger partial charge on any atom is -0.481 e. The Balaban J connectivity index is 1.86. The van der Waals surface area contributed by atoms with Gasteiger partial charge in [0.05, 0.1) is 10.8 Å². The van der Waals surface area contributed by atoms with E-state index in [0.717, 1.165) is 4.70 Å². The summed E-state index contributed by atoms with van der Waals surface area (Å²) in [6.07, 6.45) is 1.28. The minimum atomic E-state index is -0.866.